The molecule has 1 aromatic heterocycles. The molecule has 0 bridgehead atoms. The minimum Gasteiger partial charge on any atom is -0.410 e. The number of hydrogen-bond donors (Lipinski definition) is 1. The summed E-state index contributed by atoms with van der Waals surface area (Å²) < 4.78 is 3.82. The summed E-state index contributed by atoms with van der Waals surface area (Å²) in [5, 5.41) is 16.2. The smallest absolute Gasteiger partial charge is 0.138 e. The molecule has 0 saturated carbocycles. The molecule has 0 unspecified atom stereocenters. The lowest BCUT2D eigenvalue weighted by Gasteiger charge is -2.00. The van der Waals surface area contributed by atoms with Gasteiger partial charge in [0.05, 0.1) is 4.88 Å². The maximum absolute atomic E-state index is 9.00. The Morgan fingerprint density at radius 3 is 2.60 bits per heavy atom. The first-order valence-corrected chi connectivity index (χ1v) is 5.17. The molecule has 1 aromatic carbocycles. The number of benzene rings is 1. The van der Waals surface area contributed by atoms with Crippen molar-refractivity contribution in [2.75, 3.05) is 0 Å². The van der Waals surface area contributed by atoms with Gasteiger partial charge in [0.15, 0.2) is 0 Å². The monoisotopic (exact) mass is 219 g/mol. The summed E-state index contributed by atoms with van der Waals surface area (Å²) in [5.74, 6) is 0. The molecule has 5 heteroatoms. The topological polar surface area (TPSA) is 58.4 Å². The summed E-state index contributed by atoms with van der Waals surface area (Å²) in [5.41, 5.74) is 1.92. The number of oxime groups is 1. The fraction of sp³-hybridized carbons (Fsp3) is 0.100. The maximum atomic E-state index is 9.00. The molecule has 76 valence electrons. The van der Waals surface area contributed by atoms with Crippen molar-refractivity contribution in [3.8, 4) is 0 Å². The van der Waals surface area contributed by atoms with Gasteiger partial charge < -0.3 is 5.21 Å². The summed E-state index contributed by atoms with van der Waals surface area (Å²) in [4.78, 5) is 0.937. The third-order valence-electron chi connectivity index (χ3n) is 2.02. The average molecular weight is 219 g/mol. The van der Waals surface area contributed by atoms with Crippen molar-refractivity contribution in [3.05, 3.63) is 46.5 Å². The first-order valence-electron chi connectivity index (χ1n) is 4.39. The Morgan fingerprint density at radius 2 is 2.07 bits per heavy atom. The third-order valence-corrected chi connectivity index (χ3v) is 2.65. The molecule has 4 nitrogen and oxygen atoms in total. The second-order valence-electron chi connectivity index (χ2n) is 2.99. The van der Waals surface area contributed by atoms with E-state index < -0.39 is 0 Å². The van der Waals surface area contributed by atoms with Gasteiger partial charge in [-0.1, -0.05) is 40.0 Å². The molecule has 0 atom stereocenters. The third kappa shape index (κ3) is 1.87. The van der Waals surface area contributed by atoms with E-state index in [0.29, 0.717) is 11.4 Å². The number of aryl methyl sites for hydroxylation is 1. The Hall–Kier alpha value is -1.75. The van der Waals surface area contributed by atoms with Crippen molar-refractivity contribution in [2.45, 2.75) is 6.92 Å². The second kappa shape index (κ2) is 4.18. The first kappa shape index (κ1) is 9.79. The van der Waals surface area contributed by atoms with Crippen LogP contribution in [0, 0.1) is 6.92 Å². The first-order chi connectivity index (χ1) is 7.33. The van der Waals surface area contributed by atoms with Crippen molar-refractivity contribution in [1.82, 2.24) is 9.59 Å². The van der Waals surface area contributed by atoms with Crippen LogP contribution in [0.4, 0.5) is 0 Å². The van der Waals surface area contributed by atoms with E-state index in [4.69, 9.17) is 5.21 Å². The minimum atomic E-state index is 0.460. The van der Waals surface area contributed by atoms with Gasteiger partial charge in [-0.3, -0.25) is 0 Å². The van der Waals surface area contributed by atoms with Crippen molar-refractivity contribution in [1.29, 1.82) is 0 Å². The molecule has 0 radical (unpaired) electrons. The van der Waals surface area contributed by atoms with Crippen LogP contribution < -0.4 is 0 Å². The van der Waals surface area contributed by atoms with Gasteiger partial charge in [-0.2, -0.15) is 0 Å². The quantitative estimate of drug-likeness (QED) is 0.478. The lowest BCUT2D eigenvalue weighted by Crippen LogP contribution is -2.05. The molecule has 0 saturated heterocycles. The molecular formula is C10H9N3OS. The molecule has 0 aliphatic rings. The van der Waals surface area contributed by atoms with Crippen molar-refractivity contribution in [2.24, 2.45) is 5.16 Å². The van der Waals surface area contributed by atoms with Gasteiger partial charge in [0, 0.05) is 5.56 Å². The summed E-state index contributed by atoms with van der Waals surface area (Å²) in [7, 11) is 0. The van der Waals surface area contributed by atoms with Crippen LogP contribution in [0.1, 0.15) is 16.1 Å². The highest BCUT2D eigenvalue weighted by Crippen LogP contribution is 2.14. The van der Waals surface area contributed by atoms with Gasteiger partial charge in [0.25, 0.3) is 0 Å². The van der Waals surface area contributed by atoms with Gasteiger partial charge in [-0.15, -0.1) is 5.10 Å². The minimum absolute atomic E-state index is 0.460. The van der Waals surface area contributed by atoms with Crippen LogP contribution in [0.3, 0.4) is 0 Å². The Balaban J connectivity index is 2.48. The highest BCUT2D eigenvalue weighted by molar-refractivity contribution is 7.05. The Morgan fingerprint density at radius 1 is 1.33 bits per heavy atom. The predicted molar refractivity (Wildman–Crippen MR) is 58.5 cm³/mol. The van der Waals surface area contributed by atoms with Crippen LogP contribution in [0.25, 0.3) is 0 Å². The van der Waals surface area contributed by atoms with Crippen LogP contribution in [0.2, 0.25) is 0 Å². The molecule has 0 amide bonds. The molecule has 1 heterocycles. The van der Waals surface area contributed by atoms with E-state index in [1.165, 1.54) is 11.5 Å². The fourth-order valence-electron chi connectivity index (χ4n) is 1.29. The average Bonchev–Trinajstić information content (AvgIpc) is 2.68. The summed E-state index contributed by atoms with van der Waals surface area (Å²) in [6.45, 7) is 1.90. The van der Waals surface area contributed by atoms with Crippen LogP contribution in [0.15, 0.2) is 35.5 Å². The summed E-state index contributed by atoms with van der Waals surface area (Å²) >= 11 is 1.29. The van der Waals surface area contributed by atoms with Gasteiger partial charge in [0.1, 0.15) is 11.4 Å². The van der Waals surface area contributed by atoms with Crippen LogP contribution in [-0.2, 0) is 0 Å². The SMILES string of the molecule is Cc1snnc1C(=NO)c1ccccc1. The van der Waals surface area contributed by atoms with Gasteiger partial charge in [-0.25, -0.2) is 0 Å². The molecule has 0 aliphatic heterocycles. The zero-order chi connectivity index (χ0) is 10.7. The zero-order valence-electron chi connectivity index (χ0n) is 8.08. The molecule has 2 aromatic rings. The predicted octanol–water partition coefficient (Wildman–Crippen LogP) is 2.07. The van der Waals surface area contributed by atoms with E-state index in [9.17, 15) is 0 Å². The lowest BCUT2D eigenvalue weighted by molar-refractivity contribution is 0.319. The van der Waals surface area contributed by atoms with Crippen LogP contribution in [-0.4, -0.2) is 20.5 Å². The van der Waals surface area contributed by atoms with Crippen molar-refractivity contribution < 1.29 is 5.21 Å². The van der Waals surface area contributed by atoms with Crippen molar-refractivity contribution in [3.63, 3.8) is 0 Å². The summed E-state index contributed by atoms with van der Waals surface area (Å²) in [6.07, 6.45) is 0. The fourth-order valence-corrected chi connectivity index (χ4v) is 1.76. The highest BCUT2D eigenvalue weighted by atomic mass is 32.1. The van der Waals surface area contributed by atoms with E-state index in [2.05, 4.69) is 14.7 Å². The van der Waals surface area contributed by atoms with E-state index in [1.54, 1.807) is 0 Å². The Labute approximate surface area is 91.1 Å². The van der Waals surface area contributed by atoms with E-state index >= 15 is 0 Å². The molecule has 15 heavy (non-hydrogen) atoms. The second-order valence-corrected chi connectivity index (χ2v) is 3.95. The van der Waals surface area contributed by atoms with Crippen molar-refractivity contribution >= 4 is 17.2 Å². The van der Waals surface area contributed by atoms with E-state index in [0.717, 1.165) is 10.4 Å². The standard InChI is InChI=1S/C10H9N3OS/c1-7-9(11-13-15-7)10(12-14)8-5-3-2-4-6-8/h2-6,14H,1H3. The number of nitrogens with zero attached hydrogens (tertiary/aromatic N) is 3. The van der Waals surface area contributed by atoms with Crippen LogP contribution in [0.5, 0.6) is 0 Å². The number of rotatable bonds is 2. The zero-order valence-corrected chi connectivity index (χ0v) is 8.90. The molecular weight excluding hydrogens is 210 g/mol. The highest BCUT2D eigenvalue weighted by Gasteiger charge is 2.13. The maximum Gasteiger partial charge on any atom is 0.138 e. The lowest BCUT2D eigenvalue weighted by atomic mass is 10.1. The van der Waals surface area contributed by atoms with E-state index in [-0.39, 0.29) is 0 Å². The molecule has 1 N–H and O–H groups in total. The Kier molecular flexibility index (Phi) is 2.73. The van der Waals surface area contributed by atoms with Gasteiger partial charge in [0.2, 0.25) is 0 Å². The Bertz CT molecular complexity index is 478. The molecule has 0 fully saturated rings. The van der Waals surface area contributed by atoms with E-state index in [1.807, 2.05) is 37.3 Å². The normalized spacial score (nSPS) is 11.7. The largest absolute Gasteiger partial charge is 0.410 e. The summed E-state index contributed by atoms with van der Waals surface area (Å²) in [6, 6.07) is 9.41. The molecule has 2 rings (SSSR count). The molecule has 0 aliphatic carbocycles. The van der Waals surface area contributed by atoms with Crippen LogP contribution >= 0.6 is 11.5 Å². The van der Waals surface area contributed by atoms with Gasteiger partial charge in [-0.05, 0) is 18.5 Å². The number of hydrogen-bond acceptors (Lipinski definition) is 5. The number of aromatic nitrogens is 2. The molecule has 0 spiro atoms. The van der Waals surface area contributed by atoms with Gasteiger partial charge >= 0.3 is 0 Å².